The number of rotatable bonds is 4. The van der Waals surface area contributed by atoms with Crippen molar-refractivity contribution in [1.29, 1.82) is 0 Å². The average Bonchev–Trinajstić information content (AvgIpc) is 2.45. The summed E-state index contributed by atoms with van der Waals surface area (Å²) in [5.41, 5.74) is 6.07. The van der Waals surface area contributed by atoms with Gasteiger partial charge in [0.05, 0.1) is 0 Å². The van der Waals surface area contributed by atoms with Crippen LogP contribution in [0.4, 0.5) is 0 Å². The molecule has 22 heavy (non-hydrogen) atoms. The summed E-state index contributed by atoms with van der Waals surface area (Å²) in [5, 5.41) is 1.46. The van der Waals surface area contributed by atoms with E-state index in [4.69, 9.17) is 15.2 Å². The first-order valence-corrected chi connectivity index (χ1v) is 6.94. The Morgan fingerprint density at radius 1 is 1.14 bits per heavy atom. The zero-order chi connectivity index (χ0) is 16.3. The predicted octanol–water partition coefficient (Wildman–Crippen LogP) is 2.72. The van der Waals surface area contributed by atoms with Gasteiger partial charge in [0, 0.05) is 5.39 Å². The predicted molar refractivity (Wildman–Crippen MR) is 83.4 cm³/mol. The lowest BCUT2D eigenvalue weighted by atomic mass is 9.98. The summed E-state index contributed by atoms with van der Waals surface area (Å²) in [6.07, 6.45) is 0. The summed E-state index contributed by atoms with van der Waals surface area (Å²) >= 11 is 0. The monoisotopic (exact) mass is 301 g/mol. The highest BCUT2D eigenvalue weighted by Gasteiger charge is 2.25. The fraction of sp³-hybridized carbons (Fsp3) is 0.294. The van der Waals surface area contributed by atoms with Crippen molar-refractivity contribution >= 4 is 23.2 Å². The third kappa shape index (κ3) is 3.43. The van der Waals surface area contributed by atoms with Gasteiger partial charge < -0.3 is 15.2 Å². The van der Waals surface area contributed by atoms with Crippen LogP contribution in [0.3, 0.4) is 0 Å². The molecule has 0 saturated carbocycles. The number of hydrogen-bond donors (Lipinski definition) is 1. The van der Waals surface area contributed by atoms with E-state index in [1.54, 1.807) is 39.0 Å². The summed E-state index contributed by atoms with van der Waals surface area (Å²) in [6, 6.07) is 9.67. The van der Waals surface area contributed by atoms with Crippen LogP contribution in [-0.4, -0.2) is 18.0 Å². The van der Waals surface area contributed by atoms with E-state index in [2.05, 4.69) is 0 Å². The zero-order valence-corrected chi connectivity index (χ0v) is 12.8. The Morgan fingerprint density at radius 2 is 1.77 bits per heavy atom. The lowest BCUT2D eigenvalue weighted by Gasteiger charge is -2.23. The molecular formula is C17H19NO4. The van der Waals surface area contributed by atoms with Crippen LogP contribution >= 0.6 is 0 Å². The molecule has 0 aliphatic heterocycles. The van der Waals surface area contributed by atoms with Gasteiger partial charge in [0.15, 0.2) is 0 Å². The first kappa shape index (κ1) is 16.0. The molecule has 0 heterocycles. The highest BCUT2D eigenvalue weighted by Crippen LogP contribution is 2.31. The second kappa shape index (κ2) is 6.15. The molecule has 1 atom stereocenters. The largest absolute Gasteiger partial charge is 0.459 e. The molecule has 0 radical (unpaired) electrons. The number of carbonyl (C=O) groups excluding carboxylic acids is 2. The van der Waals surface area contributed by atoms with Crippen LogP contribution in [0, 0.1) is 0 Å². The molecule has 2 aromatic carbocycles. The van der Waals surface area contributed by atoms with Crippen LogP contribution in [0.2, 0.25) is 0 Å². The summed E-state index contributed by atoms with van der Waals surface area (Å²) in [5.74, 6) is -0.0764. The van der Waals surface area contributed by atoms with E-state index < -0.39 is 17.6 Å². The fourth-order valence-electron chi connectivity index (χ4n) is 2.21. The Balaban J connectivity index is 2.46. The topological polar surface area (TPSA) is 78.6 Å². The second-order valence-electron chi connectivity index (χ2n) is 5.92. The Bertz CT molecular complexity index is 703. The van der Waals surface area contributed by atoms with Gasteiger partial charge in [-0.15, -0.1) is 0 Å². The van der Waals surface area contributed by atoms with Crippen LogP contribution < -0.4 is 10.5 Å². The molecule has 0 aliphatic rings. The minimum absolute atomic E-state index is 0.370. The first-order valence-electron chi connectivity index (χ1n) is 6.94. The maximum atomic E-state index is 12.2. The molecule has 0 fully saturated rings. The maximum Gasteiger partial charge on any atom is 0.328 e. The molecule has 0 bridgehead atoms. The number of fused-ring (bicyclic) bond motifs is 1. The quantitative estimate of drug-likeness (QED) is 0.694. The summed E-state index contributed by atoms with van der Waals surface area (Å²) < 4.78 is 10.3. The number of ether oxygens (including phenoxy) is 2. The highest BCUT2D eigenvalue weighted by molar-refractivity contribution is 5.95. The molecule has 116 valence electrons. The summed E-state index contributed by atoms with van der Waals surface area (Å²) in [6.45, 7) is 5.74. The molecular weight excluding hydrogens is 282 g/mol. The van der Waals surface area contributed by atoms with E-state index in [0.29, 0.717) is 23.2 Å². The zero-order valence-electron chi connectivity index (χ0n) is 12.8. The van der Waals surface area contributed by atoms with E-state index in [-0.39, 0.29) is 0 Å². The minimum Gasteiger partial charge on any atom is -0.459 e. The lowest BCUT2D eigenvalue weighted by Crippen LogP contribution is -2.31. The fourth-order valence-corrected chi connectivity index (χ4v) is 2.21. The smallest absolute Gasteiger partial charge is 0.328 e. The number of benzene rings is 2. The Hall–Kier alpha value is -2.40. The van der Waals surface area contributed by atoms with E-state index in [1.807, 2.05) is 18.2 Å². The summed E-state index contributed by atoms with van der Waals surface area (Å²) in [7, 11) is 0. The normalized spacial score (nSPS) is 12.7. The van der Waals surface area contributed by atoms with Crippen molar-refractivity contribution in [1.82, 2.24) is 0 Å². The lowest BCUT2D eigenvalue weighted by molar-refractivity contribution is -0.156. The average molecular weight is 301 g/mol. The van der Waals surface area contributed by atoms with Crippen molar-refractivity contribution in [2.75, 3.05) is 0 Å². The van der Waals surface area contributed by atoms with E-state index in [1.165, 1.54) is 0 Å². The van der Waals surface area contributed by atoms with Gasteiger partial charge in [-0.2, -0.15) is 0 Å². The second-order valence-corrected chi connectivity index (χ2v) is 5.92. The van der Waals surface area contributed by atoms with Gasteiger partial charge in [-0.3, -0.25) is 4.79 Å². The van der Waals surface area contributed by atoms with Gasteiger partial charge in [0.2, 0.25) is 0 Å². The van der Waals surface area contributed by atoms with Crippen molar-refractivity contribution in [2.24, 2.45) is 5.73 Å². The molecule has 5 nitrogen and oxygen atoms in total. The first-order chi connectivity index (χ1) is 10.3. The number of nitrogens with two attached hydrogens (primary N) is 1. The molecule has 2 N–H and O–H groups in total. The highest BCUT2D eigenvalue weighted by atomic mass is 16.6. The third-order valence-electron chi connectivity index (χ3n) is 3.09. The number of esters is 1. The molecule has 0 aliphatic carbocycles. The van der Waals surface area contributed by atoms with Gasteiger partial charge in [-0.05, 0) is 37.8 Å². The van der Waals surface area contributed by atoms with Crippen molar-refractivity contribution in [2.45, 2.75) is 32.4 Å². The molecule has 5 heteroatoms. The number of hydrogen-bond acceptors (Lipinski definition) is 5. The van der Waals surface area contributed by atoms with Crippen LogP contribution in [0.25, 0.3) is 10.8 Å². The van der Waals surface area contributed by atoms with Crippen LogP contribution in [0.1, 0.15) is 32.4 Å². The van der Waals surface area contributed by atoms with Gasteiger partial charge in [-0.25, -0.2) is 4.79 Å². The number of carbonyl (C=O) groups is 2. The van der Waals surface area contributed by atoms with Gasteiger partial charge in [-0.1, -0.05) is 30.3 Å². The van der Waals surface area contributed by atoms with Crippen LogP contribution in [0.15, 0.2) is 36.4 Å². The molecule has 0 spiro atoms. The van der Waals surface area contributed by atoms with Crippen LogP contribution in [-0.2, 0) is 14.3 Å². The molecule has 2 rings (SSSR count). The molecule has 1 unspecified atom stereocenters. The Morgan fingerprint density at radius 3 is 2.36 bits per heavy atom. The Kier molecular flexibility index (Phi) is 4.47. The maximum absolute atomic E-state index is 12.2. The van der Waals surface area contributed by atoms with Crippen molar-refractivity contribution < 1.29 is 19.1 Å². The molecule has 0 amide bonds. The van der Waals surface area contributed by atoms with Crippen molar-refractivity contribution in [3.8, 4) is 5.75 Å². The van der Waals surface area contributed by atoms with E-state index in [9.17, 15) is 9.59 Å². The third-order valence-corrected chi connectivity index (χ3v) is 3.09. The standard InChI is InChI=1S/C17H19NO4/c1-17(2,3)22-16(20)15(18)13-8-9-14(21-10-19)12-7-5-4-6-11(12)13/h4-10,15H,18H2,1-3H3. The molecule has 0 saturated heterocycles. The molecule has 0 aromatic heterocycles. The van der Waals surface area contributed by atoms with Gasteiger partial charge in [0.1, 0.15) is 17.4 Å². The van der Waals surface area contributed by atoms with E-state index in [0.717, 1.165) is 5.39 Å². The van der Waals surface area contributed by atoms with Crippen molar-refractivity contribution in [3.05, 3.63) is 42.0 Å². The van der Waals surface area contributed by atoms with Crippen molar-refractivity contribution in [3.63, 3.8) is 0 Å². The molecule has 2 aromatic rings. The van der Waals surface area contributed by atoms with Gasteiger partial charge in [0.25, 0.3) is 6.47 Å². The van der Waals surface area contributed by atoms with Crippen LogP contribution in [0.5, 0.6) is 5.75 Å². The summed E-state index contributed by atoms with van der Waals surface area (Å²) in [4.78, 5) is 22.8. The SMILES string of the molecule is CC(C)(C)OC(=O)C(N)c1ccc(OC=O)c2ccccc12. The van der Waals surface area contributed by atoms with Gasteiger partial charge >= 0.3 is 5.97 Å². The minimum atomic E-state index is -0.908. The van der Waals surface area contributed by atoms with E-state index >= 15 is 0 Å². The Labute approximate surface area is 129 Å².